The largest absolute Gasteiger partial charge is 0.343 e. The fourth-order valence-corrected chi connectivity index (χ4v) is 1.69. The van der Waals surface area contributed by atoms with Gasteiger partial charge in [-0.3, -0.25) is 4.79 Å². The minimum absolute atomic E-state index is 0. The predicted molar refractivity (Wildman–Crippen MR) is 51.1 cm³/mol. The number of rotatable bonds is 2. The summed E-state index contributed by atoms with van der Waals surface area (Å²) in [6, 6.07) is 7.50. The van der Waals surface area contributed by atoms with Crippen LogP contribution in [0.5, 0.6) is 0 Å². The first-order chi connectivity index (χ1) is 6.02. The number of carbonyl (C=O) groups is 1. The summed E-state index contributed by atoms with van der Waals surface area (Å²) in [6.07, 6.45) is 0. The summed E-state index contributed by atoms with van der Waals surface area (Å²) >= 11 is 0. The molecule has 0 bridgehead atoms. The maximum atomic E-state index is 11.2. The number of benzene rings is 1. The van der Waals surface area contributed by atoms with Crippen LogP contribution in [0.1, 0.15) is 6.92 Å². The van der Waals surface area contributed by atoms with E-state index >= 15 is 0 Å². The average Bonchev–Trinajstić information content (AvgIpc) is 2.04. The Labute approximate surface area is 94.6 Å². The van der Waals surface area contributed by atoms with E-state index in [9.17, 15) is 13.2 Å². The zero-order valence-electron chi connectivity index (χ0n) is 7.93. The molecular weight excluding hydrogens is 199 g/mol. The fourth-order valence-electron chi connectivity index (χ4n) is 0.790. The molecule has 0 spiro atoms. The number of hydrogen-bond donors (Lipinski definition) is 0. The van der Waals surface area contributed by atoms with Gasteiger partial charge < -0.3 is 4.18 Å². The molecule has 6 heteroatoms. The first kappa shape index (κ1) is 13.2. The van der Waals surface area contributed by atoms with Gasteiger partial charge in [0.25, 0.3) is 0 Å². The van der Waals surface area contributed by atoms with E-state index in [1.807, 2.05) is 0 Å². The summed E-state index contributed by atoms with van der Waals surface area (Å²) in [4.78, 5) is 10.4. The third-order valence-electron chi connectivity index (χ3n) is 1.26. The van der Waals surface area contributed by atoms with E-state index in [4.69, 9.17) is 0 Å². The van der Waals surface area contributed by atoms with Crippen molar-refractivity contribution in [1.29, 1.82) is 0 Å². The molecule has 0 atom stereocenters. The smallest absolute Gasteiger partial charge is 0.341 e. The molecule has 1 rings (SSSR count). The van der Waals surface area contributed by atoms with Gasteiger partial charge in [0, 0.05) is 25.8 Å². The second-order valence-electron chi connectivity index (χ2n) is 2.34. The Hall–Kier alpha value is -0.763. The van der Waals surface area contributed by atoms with Gasteiger partial charge in [-0.2, -0.15) is 8.42 Å². The first-order valence-electron chi connectivity index (χ1n) is 3.52. The third-order valence-corrected chi connectivity index (χ3v) is 2.56. The second-order valence-corrected chi connectivity index (χ2v) is 3.89. The third kappa shape index (κ3) is 3.54. The van der Waals surface area contributed by atoms with Gasteiger partial charge in [0.2, 0.25) is 0 Å². The molecule has 1 aromatic carbocycles. The van der Waals surface area contributed by atoms with Gasteiger partial charge in [-0.05, 0) is 12.1 Å². The van der Waals surface area contributed by atoms with Crippen LogP contribution < -0.4 is 0 Å². The molecule has 0 unspecified atom stereocenters. The molecule has 0 aliphatic heterocycles. The molecule has 0 saturated heterocycles. The normalized spacial score (nSPS) is 10.1. The second kappa shape index (κ2) is 5.20. The van der Waals surface area contributed by atoms with Crippen molar-refractivity contribution < 1.29 is 17.4 Å². The van der Waals surface area contributed by atoms with Crippen LogP contribution in [-0.4, -0.2) is 33.2 Å². The van der Waals surface area contributed by atoms with Gasteiger partial charge in [0.1, 0.15) is 4.90 Å². The summed E-state index contributed by atoms with van der Waals surface area (Å²) in [5.74, 6) is -0.844. The molecule has 14 heavy (non-hydrogen) atoms. The average molecular weight is 207 g/mol. The topological polar surface area (TPSA) is 60.4 Å². The molecule has 0 N–H and O–H groups in total. The van der Waals surface area contributed by atoms with Crippen LogP contribution in [0.2, 0.25) is 0 Å². The van der Waals surface area contributed by atoms with Gasteiger partial charge in [0.15, 0.2) is 0 Å². The molecule has 71 valence electrons. The molecule has 0 fully saturated rings. The Morgan fingerprint density at radius 3 is 2.14 bits per heavy atom. The minimum atomic E-state index is -3.91. The maximum Gasteiger partial charge on any atom is 0.341 e. The van der Waals surface area contributed by atoms with Crippen LogP contribution in [-0.2, 0) is 19.1 Å². The molecule has 0 amide bonds. The molecule has 0 aromatic heterocycles. The maximum absolute atomic E-state index is 11.2. The summed E-state index contributed by atoms with van der Waals surface area (Å²) in [5.41, 5.74) is 0. The summed E-state index contributed by atoms with van der Waals surface area (Å²) in [5, 5.41) is 0. The Morgan fingerprint density at radius 2 is 1.71 bits per heavy atom. The summed E-state index contributed by atoms with van der Waals surface area (Å²) in [7, 11) is -3.91. The van der Waals surface area contributed by atoms with Crippen LogP contribution in [0.4, 0.5) is 0 Å². The van der Waals surface area contributed by atoms with Crippen molar-refractivity contribution in [3.63, 3.8) is 0 Å². The Bertz CT molecular complexity index is 399. The van der Waals surface area contributed by atoms with Crippen LogP contribution in [0.15, 0.2) is 35.2 Å². The van der Waals surface area contributed by atoms with Crippen molar-refractivity contribution >= 4 is 34.9 Å². The van der Waals surface area contributed by atoms with Gasteiger partial charge in [-0.15, -0.1) is 0 Å². The van der Waals surface area contributed by atoms with Crippen molar-refractivity contribution in [1.82, 2.24) is 0 Å². The Balaban J connectivity index is 0.00000169. The predicted octanol–water partition coefficient (Wildman–Crippen LogP) is 0.558. The SMILES string of the molecule is CC(=O)OS(=O)(=O)c1ccccc1.[Li]. The summed E-state index contributed by atoms with van der Waals surface area (Å²) in [6.45, 7) is 1.04. The van der Waals surface area contributed by atoms with E-state index in [-0.39, 0.29) is 23.8 Å². The molecule has 1 radical (unpaired) electrons. The van der Waals surface area contributed by atoms with Crippen LogP contribution in [0.25, 0.3) is 0 Å². The first-order valence-corrected chi connectivity index (χ1v) is 4.93. The molecule has 1 aromatic rings. The molecule has 0 saturated carbocycles. The number of carbonyl (C=O) groups excluding carboxylic acids is 1. The molecule has 0 aliphatic rings. The van der Waals surface area contributed by atoms with Crippen molar-refractivity contribution in [3.05, 3.63) is 30.3 Å². The minimum Gasteiger partial charge on any atom is -0.343 e. The van der Waals surface area contributed by atoms with Crippen LogP contribution in [0, 0.1) is 0 Å². The van der Waals surface area contributed by atoms with E-state index in [0.717, 1.165) is 6.92 Å². The number of hydrogen-bond acceptors (Lipinski definition) is 4. The Morgan fingerprint density at radius 1 is 1.21 bits per heavy atom. The van der Waals surface area contributed by atoms with Gasteiger partial charge in [-0.1, -0.05) is 18.2 Å². The zero-order valence-corrected chi connectivity index (χ0v) is 8.74. The van der Waals surface area contributed by atoms with E-state index in [1.54, 1.807) is 18.2 Å². The summed E-state index contributed by atoms with van der Waals surface area (Å²) < 4.78 is 26.6. The van der Waals surface area contributed by atoms with Crippen molar-refractivity contribution in [2.75, 3.05) is 0 Å². The molecule has 4 nitrogen and oxygen atoms in total. The van der Waals surface area contributed by atoms with Gasteiger partial charge in [0.05, 0.1) is 0 Å². The van der Waals surface area contributed by atoms with E-state index in [1.165, 1.54) is 12.1 Å². The standard InChI is InChI=1S/C8H8O4S.Li/c1-7(9)12-13(10,11)8-5-3-2-4-6-8;/h2-6H,1H3;. The van der Waals surface area contributed by atoms with Crippen molar-refractivity contribution in [2.24, 2.45) is 0 Å². The molecule has 0 aliphatic carbocycles. The molecular formula is C8H8LiO4S. The van der Waals surface area contributed by atoms with Crippen molar-refractivity contribution in [2.45, 2.75) is 11.8 Å². The fraction of sp³-hybridized carbons (Fsp3) is 0.125. The monoisotopic (exact) mass is 207 g/mol. The zero-order chi connectivity index (χ0) is 9.90. The van der Waals surface area contributed by atoms with E-state index in [0.29, 0.717) is 0 Å². The van der Waals surface area contributed by atoms with E-state index in [2.05, 4.69) is 4.18 Å². The quantitative estimate of drug-likeness (QED) is 0.525. The van der Waals surface area contributed by atoms with Gasteiger partial charge in [-0.25, -0.2) is 0 Å². The van der Waals surface area contributed by atoms with Gasteiger partial charge >= 0.3 is 16.1 Å². The molecule has 0 heterocycles. The Kier molecular flexibility index (Phi) is 4.92. The van der Waals surface area contributed by atoms with E-state index < -0.39 is 16.1 Å². The van der Waals surface area contributed by atoms with Crippen molar-refractivity contribution in [3.8, 4) is 0 Å². The van der Waals surface area contributed by atoms with Crippen LogP contribution >= 0.6 is 0 Å². The van der Waals surface area contributed by atoms with Crippen LogP contribution in [0.3, 0.4) is 0 Å².